The Hall–Kier alpha value is -3.80. The number of amides is 2. The molecule has 0 spiro atoms. The summed E-state index contributed by atoms with van der Waals surface area (Å²) in [5, 5.41) is 3.01. The molecule has 31 heavy (non-hydrogen) atoms. The first-order valence-corrected chi connectivity index (χ1v) is 10.3. The summed E-state index contributed by atoms with van der Waals surface area (Å²) in [7, 11) is 0. The molecule has 2 aliphatic rings. The van der Waals surface area contributed by atoms with Crippen LogP contribution in [0.2, 0.25) is 0 Å². The summed E-state index contributed by atoms with van der Waals surface area (Å²) in [5.74, 6) is 1.04. The lowest BCUT2D eigenvalue weighted by molar-refractivity contribution is -0.126. The molecule has 0 radical (unpaired) electrons. The Morgan fingerprint density at radius 2 is 1.71 bits per heavy atom. The highest BCUT2D eigenvalue weighted by molar-refractivity contribution is 5.98. The Morgan fingerprint density at radius 1 is 0.935 bits per heavy atom. The van der Waals surface area contributed by atoms with E-state index in [-0.39, 0.29) is 18.6 Å². The molecule has 2 amide bonds. The summed E-state index contributed by atoms with van der Waals surface area (Å²) < 4.78 is 10.8. The van der Waals surface area contributed by atoms with Crippen LogP contribution in [0.15, 0.2) is 72.8 Å². The highest BCUT2D eigenvalue weighted by Crippen LogP contribution is 2.33. The van der Waals surface area contributed by atoms with Gasteiger partial charge in [0, 0.05) is 18.7 Å². The molecule has 0 aromatic heterocycles. The van der Waals surface area contributed by atoms with Crippen LogP contribution in [0.3, 0.4) is 0 Å². The van der Waals surface area contributed by atoms with Crippen LogP contribution in [0.25, 0.3) is 0 Å². The van der Waals surface area contributed by atoms with Crippen molar-refractivity contribution in [3.8, 4) is 11.5 Å². The van der Waals surface area contributed by atoms with Crippen molar-refractivity contribution < 1.29 is 19.1 Å². The van der Waals surface area contributed by atoms with Crippen LogP contribution < -0.4 is 14.8 Å². The van der Waals surface area contributed by atoms with Gasteiger partial charge < -0.3 is 19.7 Å². The second-order valence-corrected chi connectivity index (χ2v) is 7.62. The van der Waals surface area contributed by atoms with Gasteiger partial charge in [0.05, 0.1) is 0 Å². The van der Waals surface area contributed by atoms with Crippen LogP contribution in [0.1, 0.15) is 33.1 Å². The summed E-state index contributed by atoms with van der Waals surface area (Å²) in [6.45, 7) is 1.04. The van der Waals surface area contributed by atoms with E-state index in [9.17, 15) is 9.59 Å². The normalized spacial score (nSPS) is 16.5. The van der Waals surface area contributed by atoms with Crippen molar-refractivity contribution in [2.45, 2.75) is 19.0 Å². The van der Waals surface area contributed by atoms with Crippen LogP contribution >= 0.6 is 0 Å². The van der Waals surface area contributed by atoms with E-state index >= 15 is 0 Å². The van der Waals surface area contributed by atoms with Gasteiger partial charge in [0.2, 0.25) is 12.7 Å². The molecule has 2 aliphatic heterocycles. The van der Waals surface area contributed by atoms with Crippen molar-refractivity contribution in [1.82, 2.24) is 10.2 Å². The average Bonchev–Trinajstić information content (AvgIpc) is 3.30. The van der Waals surface area contributed by atoms with Gasteiger partial charge in [-0.1, -0.05) is 48.5 Å². The monoisotopic (exact) mass is 414 g/mol. The first-order chi connectivity index (χ1) is 15.2. The first-order valence-electron chi connectivity index (χ1n) is 10.3. The van der Waals surface area contributed by atoms with Crippen LogP contribution in [-0.4, -0.2) is 30.1 Å². The van der Waals surface area contributed by atoms with Gasteiger partial charge in [-0.3, -0.25) is 9.59 Å². The molecule has 0 bridgehead atoms. The number of carbonyl (C=O) groups excluding carboxylic acids is 2. The molecule has 0 aliphatic carbocycles. The molecular weight excluding hydrogens is 392 g/mol. The largest absolute Gasteiger partial charge is 0.454 e. The summed E-state index contributed by atoms with van der Waals surface area (Å²) >= 11 is 0. The van der Waals surface area contributed by atoms with E-state index in [2.05, 4.69) is 5.32 Å². The Labute approximate surface area is 180 Å². The Morgan fingerprint density at radius 3 is 2.58 bits per heavy atom. The zero-order valence-corrected chi connectivity index (χ0v) is 16.9. The van der Waals surface area contributed by atoms with E-state index < -0.39 is 6.04 Å². The molecule has 156 valence electrons. The smallest absolute Gasteiger partial charge is 0.254 e. The van der Waals surface area contributed by atoms with Gasteiger partial charge in [-0.2, -0.15) is 0 Å². The minimum absolute atomic E-state index is 0.140. The number of ether oxygens (including phenoxy) is 2. The van der Waals surface area contributed by atoms with Crippen molar-refractivity contribution >= 4 is 11.8 Å². The van der Waals surface area contributed by atoms with Crippen molar-refractivity contribution in [2.75, 3.05) is 13.3 Å². The van der Waals surface area contributed by atoms with Gasteiger partial charge in [-0.05, 0) is 47.4 Å². The number of carbonyl (C=O) groups is 2. The molecule has 5 rings (SSSR count). The summed E-state index contributed by atoms with van der Waals surface area (Å²) in [6.07, 6.45) is 0.723. The van der Waals surface area contributed by atoms with Crippen molar-refractivity contribution in [3.63, 3.8) is 0 Å². The predicted molar refractivity (Wildman–Crippen MR) is 115 cm³/mol. The topological polar surface area (TPSA) is 67.9 Å². The molecular formula is C25H22N2O4. The maximum atomic E-state index is 13.4. The van der Waals surface area contributed by atoms with Crippen LogP contribution in [0.5, 0.6) is 11.5 Å². The number of fused-ring (bicyclic) bond motifs is 2. The zero-order chi connectivity index (χ0) is 21.2. The highest BCUT2D eigenvalue weighted by Gasteiger charge is 2.36. The van der Waals surface area contributed by atoms with Gasteiger partial charge in [0.1, 0.15) is 6.04 Å². The lowest BCUT2D eigenvalue weighted by Crippen LogP contribution is -2.47. The zero-order valence-electron chi connectivity index (χ0n) is 16.9. The average molecular weight is 414 g/mol. The molecule has 2 heterocycles. The number of hydrogen-bond acceptors (Lipinski definition) is 4. The number of benzene rings is 3. The third-order valence-electron chi connectivity index (χ3n) is 5.72. The van der Waals surface area contributed by atoms with E-state index in [1.165, 1.54) is 0 Å². The van der Waals surface area contributed by atoms with Crippen LogP contribution in [0.4, 0.5) is 0 Å². The van der Waals surface area contributed by atoms with E-state index in [4.69, 9.17) is 9.47 Å². The van der Waals surface area contributed by atoms with Gasteiger partial charge in [-0.25, -0.2) is 0 Å². The maximum Gasteiger partial charge on any atom is 0.254 e. The van der Waals surface area contributed by atoms with Crippen molar-refractivity contribution in [1.29, 1.82) is 0 Å². The maximum absolute atomic E-state index is 13.4. The van der Waals surface area contributed by atoms with Gasteiger partial charge in [-0.15, -0.1) is 0 Å². The number of rotatable bonds is 4. The Bertz CT molecular complexity index is 1130. The van der Waals surface area contributed by atoms with Crippen LogP contribution in [-0.2, 0) is 17.8 Å². The van der Waals surface area contributed by atoms with E-state index in [1.807, 2.05) is 60.7 Å². The molecule has 3 aromatic carbocycles. The fourth-order valence-electron chi connectivity index (χ4n) is 4.15. The molecule has 1 unspecified atom stereocenters. The number of hydrogen-bond donors (Lipinski definition) is 1. The van der Waals surface area contributed by atoms with Gasteiger partial charge in [0.15, 0.2) is 11.5 Å². The number of nitrogens with one attached hydrogen (secondary N) is 1. The minimum atomic E-state index is -0.674. The summed E-state index contributed by atoms with van der Waals surface area (Å²) in [4.78, 5) is 28.3. The molecule has 6 heteroatoms. The molecule has 0 saturated carbocycles. The van der Waals surface area contributed by atoms with Crippen molar-refractivity contribution in [2.24, 2.45) is 0 Å². The standard InChI is InChI=1S/C25H22N2O4/c28-24(26-15-17-10-11-21-22(14-17)31-16-30-21)23-20-9-5-4-6-18(20)12-13-27(23)25(29)19-7-2-1-3-8-19/h1-11,14,23H,12-13,15-16H2,(H,26,28). The van der Waals surface area contributed by atoms with Gasteiger partial charge >= 0.3 is 0 Å². The SMILES string of the molecule is O=C(NCc1ccc2c(c1)OCO2)C1c2ccccc2CCN1C(=O)c1ccccc1. The second kappa shape index (κ2) is 8.14. The second-order valence-electron chi connectivity index (χ2n) is 7.62. The third-order valence-corrected chi connectivity index (χ3v) is 5.72. The summed E-state index contributed by atoms with van der Waals surface area (Å²) in [6, 6.07) is 21.9. The Balaban J connectivity index is 1.40. The fourth-order valence-corrected chi connectivity index (χ4v) is 4.15. The minimum Gasteiger partial charge on any atom is -0.454 e. The molecule has 1 N–H and O–H groups in total. The molecule has 6 nitrogen and oxygen atoms in total. The first kappa shape index (κ1) is 19.2. The molecule has 0 fully saturated rings. The lowest BCUT2D eigenvalue weighted by atomic mass is 9.91. The Kier molecular flexibility index (Phi) is 5.04. The highest BCUT2D eigenvalue weighted by atomic mass is 16.7. The third kappa shape index (κ3) is 3.72. The molecule has 3 aromatic rings. The van der Waals surface area contributed by atoms with E-state index in [0.29, 0.717) is 30.2 Å². The van der Waals surface area contributed by atoms with Gasteiger partial charge in [0.25, 0.3) is 5.91 Å². The fraction of sp³-hybridized carbons (Fsp3) is 0.200. The quantitative estimate of drug-likeness (QED) is 0.710. The molecule has 0 saturated heterocycles. The summed E-state index contributed by atoms with van der Waals surface area (Å²) in [5.41, 5.74) is 3.46. The van der Waals surface area contributed by atoms with E-state index in [1.54, 1.807) is 17.0 Å². The number of nitrogens with zero attached hydrogens (tertiary/aromatic N) is 1. The predicted octanol–water partition coefficient (Wildman–Crippen LogP) is 3.47. The lowest BCUT2D eigenvalue weighted by Gasteiger charge is -2.36. The van der Waals surface area contributed by atoms with E-state index in [0.717, 1.165) is 23.1 Å². The van der Waals surface area contributed by atoms with Crippen molar-refractivity contribution in [3.05, 3.63) is 95.1 Å². The van der Waals surface area contributed by atoms with Crippen LogP contribution in [0, 0.1) is 0 Å². The molecule has 1 atom stereocenters.